The van der Waals surface area contributed by atoms with E-state index in [-0.39, 0.29) is 22.7 Å². The largest absolute Gasteiger partial charge is 0.444 e. The van der Waals surface area contributed by atoms with Crippen LogP contribution in [0.2, 0.25) is 0 Å². The van der Waals surface area contributed by atoms with Crippen molar-refractivity contribution < 1.29 is 29.0 Å². The topological polar surface area (TPSA) is 151 Å². The van der Waals surface area contributed by atoms with E-state index in [0.29, 0.717) is 25.3 Å². The van der Waals surface area contributed by atoms with E-state index in [1.165, 1.54) is 6.42 Å². The predicted molar refractivity (Wildman–Crippen MR) is 161 cm³/mol. The Balaban J connectivity index is 1.92. The van der Waals surface area contributed by atoms with Crippen molar-refractivity contribution in [3.05, 3.63) is 0 Å². The molecule has 3 unspecified atom stereocenters. The van der Waals surface area contributed by atoms with Gasteiger partial charge in [0.15, 0.2) is 6.10 Å². The fourth-order valence-corrected chi connectivity index (χ4v) is 6.77. The van der Waals surface area contributed by atoms with Crippen molar-refractivity contribution >= 4 is 23.8 Å². The van der Waals surface area contributed by atoms with Crippen LogP contribution in [0.5, 0.6) is 0 Å². The van der Waals surface area contributed by atoms with Gasteiger partial charge in [0.2, 0.25) is 17.7 Å². The van der Waals surface area contributed by atoms with E-state index in [0.717, 1.165) is 32.1 Å². The number of primary amides is 1. The molecule has 5 N–H and O–H groups in total. The Hall–Kier alpha value is -2.36. The maximum atomic E-state index is 14.3. The number of nitrogens with zero attached hydrogens (tertiary/aromatic N) is 1. The van der Waals surface area contributed by atoms with Gasteiger partial charge in [-0.05, 0) is 74.5 Å². The van der Waals surface area contributed by atoms with Crippen molar-refractivity contribution in [1.82, 2.24) is 15.5 Å². The van der Waals surface area contributed by atoms with Crippen LogP contribution in [0.25, 0.3) is 0 Å². The van der Waals surface area contributed by atoms with Gasteiger partial charge < -0.3 is 31.1 Å². The van der Waals surface area contributed by atoms with E-state index in [1.54, 1.807) is 25.7 Å². The van der Waals surface area contributed by atoms with E-state index in [4.69, 9.17) is 10.5 Å². The third kappa shape index (κ3) is 7.58. The van der Waals surface area contributed by atoms with Gasteiger partial charge in [-0.3, -0.25) is 14.4 Å². The van der Waals surface area contributed by atoms with E-state index in [1.807, 2.05) is 20.8 Å². The second-order valence-corrected chi connectivity index (χ2v) is 16.0. The zero-order valence-corrected chi connectivity index (χ0v) is 27.3. The molecule has 0 bridgehead atoms. The van der Waals surface area contributed by atoms with Crippen LogP contribution in [-0.4, -0.2) is 70.2 Å². The Bertz CT molecular complexity index is 1020. The van der Waals surface area contributed by atoms with Crippen molar-refractivity contribution in [3.8, 4) is 0 Å². The zero-order valence-electron chi connectivity index (χ0n) is 27.3. The highest BCUT2D eigenvalue weighted by Crippen LogP contribution is 2.59. The number of alkyl carbamates (subject to hydrolysis) is 1. The van der Waals surface area contributed by atoms with Crippen molar-refractivity contribution in [3.63, 3.8) is 0 Å². The first kappa shape index (κ1) is 34.1. The normalized spacial score (nSPS) is 25.0. The monoisotopic (exact) mass is 592 g/mol. The second-order valence-electron chi connectivity index (χ2n) is 16.0. The summed E-state index contributed by atoms with van der Waals surface area (Å²) in [5, 5.41) is 16.3. The number of aliphatic hydroxyl groups is 1. The molecule has 0 radical (unpaired) electrons. The van der Waals surface area contributed by atoms with E-state index < -0.39 is 53.2 Å². The highest BCUT2D eigenvalue weighted by Gasteiger charge is 2.55. The summed E-state index contributed by atoms with van der Waals surface area (Å²) >= 11 is 0. The molecule has 10 nitrogen and oxygen atoms in total. The summed E-state index contributed by atoms with van der Waals surface area (Å²) in [6, 6.07) is -2.59. The molecule has 4 amide bonds. The van der Waals surface area contributed by atoms with Crippen LogP contribution in [0.15, 0.2) is 0 Å². The van der Waals surface area contributed by atoms with Gasteiger partial charge in [-0.15, -0.1) is 0 Å². The smallest absolute Gasteiger partial charge is 0.408 e. The number of likely N-dealkylation sites (tertiary alicyclic amines) is 1. The molecule has 0 aromatic heterocycles. The fraction of sp³-hybridized carbons (Fsp3) is 0.875. The maximum absolute atomic E-state index is 14.3. The molecule has 1 aliphatic heterocycles. The molecule has 3 rings (SSSR count). The molecular weight excluding hydrogens is 536 g/mol. The van der Waals surface area contributed by atoms with Gasteiger partial charge in [0.1, 0.15) is 17.7 Å². The average Bonchev–Trinajstić information content (AvgIpc) is 3.26. The molecule has 0 aromatic carbocycles. The average molecular weight is 593 g/mol. The van der Waals surface area contributed by atoms with Gasteiger partial charge in [-0.2, -0.15) is 0 Å². The summed E-state index contributed by atoms with van der Waals surface area (Å²) in [5.41, 5.74) is 3.99. The Labute approximate surface area is 252 Å². The lowest BCUT2D eigenvalue weighted by molar-refractivity contribution is -0.143. The number of amides is 4. The van der Waals surface area contributed by atoms with Crippen molar-refractivity contribution in [2.45, 2.75) is 144 Å². The number of hydrogen-bond donors (Lipinski definition) is 4. The van der Waals surface area contributed by atoms with E-state index >= 15 is 0 Å². The molecule has 1 saturated heterocycles. The molecule has 240 valence electrons. The molecule has 1 heterocycles. The third-order valence-corrected chi connectivity index (χ3v) is 10.5. The number of aliphatic hydroxyl groups excluding tert-OH is 1. The standard InChI is InChI=1S/C32H56N4O6/c1-29(2,3)24(35-28(41)42-30(4,5)6)27(40)36-18-20(31(7,8)32(9)14-11-15-32)17-22(36)26(39)34-21(23(37)25(33)38)16-19-12-10-13-19/h19-24,37H,10-18H2,1-9H3,(H2,33,38)(H,34,39)(H,35,41)/t20?,21?,22-,23?,24+/m0/s1. The van der Waals surface area contributed by atoms with Gasteiger partial charge in [0.05, 0.1) is 6.04 Å². The number of rotatable bonds is 10. The highest BCUT2D eigenvalue weighted by atomic mass is 16.6. The summed E-state index contributed by atoms with van der Waals surface area (Å²) in [5.74, 6) is -1.30. The lowest BCUT2D eigenvalue weighted by atomic mass is 9.51. The number of carbonyl (C=O) groups excluding carboxylic acids is 4. The third-order valence-electron chi connectivity index (χ3n) is 10.5. The number of carbonyl (C=O) groups is 4. The molecule has 0 spiro atoms. The van der Waals surface area contributed by atoms with Crippen molar-refractivity contribution in [2.75, 3.05) is 6.54 Å². The first-order valence-corrected chi connectivity index (χ1v) is 15.7. The molecule has 2 saturated carbocycles. The molecule has 3 fully saturated rings. The number of nitrogens with two attached hydrogens (primary N) is 1. The minimum absolute atomic E-state index is 0.0378. The van der Waals surface area contributed by atoms with Crippen molar-refractivity contribution in [2.24, 2.45) is 33.8 Å². The number of nitrogens with one attached hydrogen (secondary N) is 2. The first-order chi connectivity index (χ1) is 19.2. The Morgan fingerprint density at radius 2 is 1.60 bits per heavy atom. The van der Waals surface area contributed by atoms with Crippen LogP contribution in [0.1, 0.15) is 114 Å². The van der Waals surface area contributed by atoms with Gasteiger partial charge >= 0.3 is 6.09 Å². The van der Waals surface area contributed by atoms with Crippen LogP contribution >= 0.6 is 0 Å². The number of ether oxygens (including phenoxy) is 1. The summed E-state index contributed by atoms with van der Waals surface area (Å²) in [6.45, 7) is 18.0. The zero-order chi connectivity index (χ0) is 31.8. The van der Waals surface area contributed by atoms with E-state index in [2.05, 4.69) is 31.4 Å². The summed E-state index contributed by atoms with van der Waals surface area (Å²) in [6.07, 6.45) is 5.09. The van der Waals surface area contributed by atoms with Gasteiger partial charge in [0.25, 0.3) is 0 Å². The van der Waals surface area contributed by atoms with Gasteiger partial charge in [-0.1, -0.05) is 67.2 Å². The molecule has 10 heteroatoms. The van der Waals surface area contributed by atoms with Crippen LogP contribution in [0.3, 0.4) is 0 Å². The molecule has 2 aliphatic carbocycles. The van der Waals surface area contributed by atoms with Crippen LogP contribution in [0, 0.1) is 28.1 Å². The summed E-state index contributed by atoms with van der Waals surface area (Å²) < 4.78 is 5.48. The van der Waals surface area contributed by atoms with Gasteiger partial charge in [0, 0.05) is 6.54 Å². The Morgan fingerprint density at radius 3 is 2.02 bits per heavy atom. The maximum Gasteiger partial charge on any atom is 0.408 e. The van der Waals surface area contributed by atoms with Crippen molar-refractivity contribution in [1.29, 1.82) is 0 Å². The predicted octanol–water partition coefficient (Wildman–Crippen LogP) is 3.88. The van der Waals surface area contributed by atoms with Crippen LogP contribution in [-0.2, 0) is 19.1 Å². The lowest BCUT2D eigenvalue weighted by Gasteiger charge is -2.54. The van der Waals surface area contributed by atoms with Gasteiger partial charge in [-0.25, -0.2) is 4.79 Å². The van der Waals surface area contributed by atoms with Crippen LogP contribution < -0.4 is 16.4 Å². The minimum Gasteiger partial charge on any atom is -0.444 e. The molecule has 42 heavy (non-hydrogen) atoms. The lowest BCUT2D eigenvalue weighted by Crippen LogP contribution is -2.59. The number of hydrogen-bond acceptors (Lipinski definition) is 6. The Kier molecular flexibility index (Phi) is 10.0. The summed E-state index contributed by atoms with van der Waals surface area (Å²) in [4.78, 5) is 54.7. The van der Waals surface area contributed by atoms with Crippen LogP contribution in [0.4, 0.5) is 4.79 Å². The van der Waals surface area contributed by atoms with E-state index in [9.17, 15) is 24.3 Å². The Morgan fingerprint density at radius 1 is 1.00 bits per heavy atom. The first-order valence-electron chi connectivity index (χ1n) is 15.7. The fourth-order valence-electron chi connectivity index (χ4n) is 6.77. The molecule has 0 aromatic rings. The summed E-state index contributed by atoms with van der Waals surface area (Å²) in [7, 11) is 0. The molecule has 5 atom stereocenters. The highest BCUT2D eigenvalue weighted by molar-refractivity contribution is 5.93. The molecule has 3 aliphatic rings. The quantitative estimate of drug-likeness (QED) is 0.302. The molecular formula is C32H56N4O6. The minimum atomic E-state index is -1.52. The second kappa shape index (κ2) is 12.3. The SMILES string of the molecule is CC(C)(C)OC(=O)N[C@H](C(=O)N1CC(C(C)(C)C2(C)CCC2)C[C@H]1C(=O)NC(CC1CCC1)C(O)C(N)=O)C(C)(C)C.